The third-order valence-corrected chi connectivity index (χ3v) is 4.84. The van der Waals surface area contributed by atoms with Gasteiger partial charge in [0.2, 0.25) is 0 Å². The average Bonchev–Trinajstić information content (AvgIpc) is 3.12. The highest BCUT2D eigenvalue weighted by Gasteiger charge is 2.10. The maximum absolute atomic E-state index is 9.51. The van der Waals surface area contributed by atoms with Gasteiger partial charge in [0.1, 0.15) is 22.4 Å². The Morgan fingerprint density at radius 3 is 2.81 bits per heavy atom. The van der Waals surface area contributed by atoms with Crippen LogP contribution < -0.4 is 10.1 Å². The summed E-state index contributed by atoms with van der Waals surface area (Å²) < 4.78 is 5.21. The molecule has 0 saturated carbocycles. The maximum atomic E-state index is 9.51. The molecule has 4 nitrogen and oxygen atoms in total. The van der Waals surface area contributed by atoms with Crippen molar-refractivity contribution < 1.29 is 4.74 Å². The number of nitriles is 1. The summed E-state index contributed by atoms with van der Waals surface area (Å²) in [7, 11) is 1.62. The third kappa shape index (κ3) is 3.93. The summed E-state index contributed by atoms with van der Waals surface area (Å²) in [5, 5.41) is 15.3. The molecule has 5 heteroatoms. The van der Waals surface area contributed by atoms with Crippen LogP contribution in [-0.2, 0) is 0 Å². The van der Waals surface area contributed by atoms with Gasteiger partial charge < -0.3 is 10.1 Å². The van der Waals surface area contributed by atoms with Gasteiger partial charge in [-0.25, -0.2) is 4.98 Å². The van der Waals surface area contributed by atoms with E-state index in [-0.39, 0.29) is 0 Å². The van der Waals surface area contributed by atoms with Crippen molar-refractivity contribution in [3.05, 3.63) is 70.2 Å². The summed E-state index contributed by atoms with van der Waals surface area (Å²) in [5.41, 5.74) is 5.74. The first-order valence-corrected chi connectivity index (χ1v) is 9.03. The number of aromatic nitrogens is 1. The number of nitrogens with zero attached hydrogens (tertiary/aromatic N) is 2. The fraction of sp³-hybridized carbons (Fsp3) is 0.143. The number of thiazole rings is 1. The zero-order valence-corrected chi connectivity index (χ0v) is 15.7. The molecule has 0 radical (unpaired) electrons. The number of allylic oxidation sites excluding steroid dienone is 1. The highest BCUT2D eigenvalue weighted by atomic mass is 32.1. The van der Waals surface area contributed by atoms with Crippen molar-refractivity contribution in [1.82, 2.24) is 4.98 Å². The Balaban J connectivity index is 1.85. The SMILES string of the molecule is COc1cccc(N/C=C(/C#N)c2nc(-c3ccc(C)cc3C)cs2)c1. The van der Waals surface area contributed by atoms with Gasteiger partial charge in [-0.2, -0.15) is 5.26 Å². The molecule has 1 aromatic heterocycles. The second kappa shape index (κ2) is 7.85. The Hall–Kier alpha value is -3.10. The van der Waals surface area contributed by atoms with Crippen LogP contribution in [0.5, 0.6) is 5.75 Å². The Morgan fingerprint density at radius 1 is 1.23 bits per heavy atom. The minimum absolute atomic E-state index is 0.494. The molecule has 130 valence electrons. The minimum Gasteiger partial charge on any atom is -0.497 e. The Morgan fingerprint density at radius 2 is 2.08 bits per heavy atom. The molecule has 3 rings (SSSR count). The fourth-order valence-corrected chi connectivity index (χ4v) is 3.42. The summed E-state index contributed by atoms with van der Waals surface area (Å²) >= 11 is 1.47. The predicted octanol–water partition coefficient (Wildman–Crippen LogP) is 5.41. The minimum atomic E-state index is 0.494. The molecule has 0 atom stereocenters. The van der Waals surface area contributed by atoms with E-state index in [1.54, 1.807) is 13.3 Å². The average molecular weight is 361 g/mol. The van der Waals surface area contributed by atoms with Crippen molar-refractivity contribution >= 4 is 22.6 Å². The van der Waals surface area contributed by atoms with Crippen LogP contribution in [0.1, 0.15) is 16.1 Å². The van der Waals surface area contributed by atoms with Crippen LogP contribution in [-0.4, -0.2) is 12.1 Å². The highest BCUT2D eigenvalue weighted by molar-refractivity contribution is 7.11. The second-order valence-corrected chi connectivity index (χ2v) is 6.76. The van der Waals surface area contributed by atoms with Gasteiger partial charge in [-0.05, 0) is 31.5 Å². The molecule has 1 heterocycles. The Bertz CT molecular complexity index is 998. The van der Waals surface area contributed by atoms with Crippen molar-refractivity contribution in [3.63, 3.8) is 0 Å². The van der Waals surface area contributed by atoms with E-state index in [1.165, 1.54) is 22.5 Å². The largest absolute Gasteiger partial charge is 0.497 e. The van der Waals surface area contributed by atoms with Crippen LogP contribution in [0.4, 0.5) is 5.69 Å². The molecule has 0 aliphatic heterocycles. The Kier molecular flexibility index (Phi) is 5.35. The molecule has 26 heavy (non-hydrogen) atoms. The molecular weight excluding hydrogens is 342 g/mol. The van der Waals surface area contributed by atoms with Crippen molar-refractivity contribution in [1.29, 1.82) is 5.26 Å². The number of nitrogens with one attached hydrogen (secondary N) is 1. The molecule has 0 bridgehead atoms. The number of anilines is 1. The van der Waals surface area contributed by atoms with Gasteiger partial charge in [0.15, 0.2) is 0 Å². The smallest absolute Gasteiger partial charge is 0.136 e. The van der Waals surface area contributed by atoms with E-state index in [0.29, 0.717) is 10.6 Å². The second-order valence-electron chi connectivity index (χ2n) is 5.90. The molecule has 3 aromatic rings. The van der Waals surface area contributed by atoms with Gasteiger partial charge in [0.25, 0.3) is 0 Å². The predicted molar refractivity (Wildman–Crippen MR) is 107 cm³/mol. The van der Waals surface area contributed by atoms with E-state index in [9.17, 15) is 5.26 Å². The van der Waals surface area contributed by atoms with Gasteiger partial charge in [-0.15, -0.1) is 11.3 Å². The highest BCUT2D eigenvalue weighted by Crippen LogP contribution is 2.29. The lowest BCUT2D eigenvalue weighted by Crippen LogP contribution is -1.92. The van der Waals surface area contributed by atoms with Gasteiger partial charge in [-0.1, -0.05) is 29.8 Å². The molecule has 0 amide bonds. The number of ether oxygens (including phenoxy) is 1. The van der Waals surface area contributed by atoms with Gasteiger partial charge >= 0.3 is 0 Å². The normalized spacial score (nSPS) is 11.1. The molecule has 2 aromatic carbocycles. The first-order valence-electron chi connectivity index (χ1n) is 8.15. The molecule has 0 saturated heterocycles. The van der Waals surface area contributed by atoms with Crippen LogP contribution in [0, 0.1) is 25.2 Å². The van der Waals surface area contributed by atoms with Crippen molar-refractivity contribution in [3.8, 4) is 23.1 Å². The maximum Gasteiger partial charge on any atom is 0.136 e. The topological polar surface area (TPSA) is 57.9 Å². The summed E-state index contributed by atoms with van der Waals surface area (Å²) in [5.74, 6) is 0.758. The number of hydrogen-bond donors (Lipinski definition) is 1. The number of aryl methyl sites for hydroxylation is 2. The van der Waals surface area contributed by atoms with E-state index < -0.39 is 0 Å². The zero-order chi connectivity index (χ0) is 18.5. The third-order valence-electron chi connectivity index (χ3n) is 3.97. The molecule has 1 N–H and O–H groups in total. The van der Waals surface area contributed by atoms with Crippen LogP contribution in [0.3, 0.4) is 0 Å². The van der Waals surface area contributed by atoms with Crippen molar-refractivity contribution in [2.75, 3.05) is 12.4 Å². The van der Waals surface area contributed by atoms with Gasteiger partial charge in [0, 0.05) is 28.9 Å². The van der Waals surface area contributed by atoms with Gasteiger partial charge in [0.05, 0.1) is 12.8 Å². The molecule has 0 spiro atoms. The van der Waals surface area contributed by atoms with Crippen LogP contribution in [0.25, 0.3) is 16.8 Å². The number of rotatable bonds is 5. The quantitative estimate of drug-likeness (QED) is 0.617. The molecular formula is C21H19N3OS. The lowest BCUT2D eigenvalue weighted by atomic mass is 10.0. The molecule has 0 aliphatic carbocycles. The first kappa shape index (κ1) is 17.7. The van der Waals surface area contributed by atoms with Crippen LogP contribution in [0.15, 0.2) is 54.0 Å². The van der Waals surface area contributed by atoms with Gasteiger partial charge in [-0.3, -0.25) is 0 Å². The number of methoxy groups -OCH3 is 1. The lowest BCUT2D eigenvalue weighted by Gasteiger charge is -2.04. The molecule has 0 unspecified atom stereocenters. The van der Waals surface area contributed by atoms with Crippen LogP contribution >= 0.6 is 11.3 Å². The lowest BCUT2D eigenvalue weighted by molar-refractivity contribution is 0.415. The number of hydrogen-bond acceptors (Lipinski definition) is 5. The summed E-state index contributed by atoms with van der Waals surface area (Å²) in [6.07, 6.45) is 1.68. The van der Waals surface area contributed by atoms with E-state index in [0.717, 1.165) is 22.7 Å². The fourth-order valence-electron chi connectivity index (χ4n) is 2.63. The summed E-state index contributed by atoms with van der Waals surface area (Å²) in [6.45, 7) is 4.15. The van der Waals surface area contributed by atoms with E-state index in [4.69, 9.17) is 4.74 Å². The van der Waals surface area contributed by atoms with E-state index >= 15 is 0 Å². The summed E-state index contributed by atoms with van der Waals surface area (Å²) in [4.78, 5) is 4.65. The van der Waals surface area contributed by atoms with E-state index in [1.807, 2.05) is 29.6 Å². The standard InChI is InChI=1S/C21H19N3OS/c1-14-7-8-19(15(2)9-14)20-13-26-21(24-20)16(11-22)12-23-17-5-4-6-18(10-17)25-3/h4-10,12-13,23H,1-3H3/b16-12-. The van der Waals surface area contributed by atoms with Crippen molar-refractivity contribution in [2.24, 2.45) is 0 Å². The number of benzene rings is 2. The molecule has 0 fully saturated rings. The molecule has 0 aliphatic rings. The first-order chi connectivity index (χ1) is 12.6. The monoisotopic (exact) mass is 361 g/mol. The van der Waals surface area contributed by atoms with E-state index in [2.05, 4.69) is 48.4 Å². The summed E-state index contributed by atoms with van der Waals surface area (Å²) in [6, 6.07) is 16.1. The van der Waals surface area contributed by atoms with Crippen LogP contribution in [0.2, 0.25) is 0 Å². The Labute approximate surface area is 157 Å². The zero-order valence-electron chi connectivity index (χ0n) is 14.9. The van der Waals surface area contributed by atoms with Crippen molar-refractivity contribution in [2.45, 2.75) is 13.8 Å².